The van der Waals surface area contributed by atoms with E-state index in [2.05, 4.69) is 46.8 Å². The highest BCUT2D eigenvalue weighted by molar-refractivity contribution is 6.26. The molecule has 2 heterocycles. The quantitative estimate of drug-likeness (QED) is 0.206. The van der Waals surface area contributed by atoms with E-state index in [1.807, 2.05) is 62.4 Å². The fraction of sp³-hybridized carbons (Fsp3) is 0.633. The zero-order chi connectivity index (χ0) is 49.2. The predicted molar refractivity (Wildman–Crippen MR) is 263 cm³/mol. The van der Waals surface area contributed by atoms with Crippen molar-refractivity contribution in [2.75, 3.05) is 9.80 Å². The average molecular weight is 947 g/mol. The maximum atomic E-state index is 15.2. The molecule has 14 aliphatic rings. The van der Waals surface area contributed by atoms with Crippen LogP contribution in [0.4, 0.5) is 11.4 Å². The highest BCUT2D eigenvalue weighted by Crippen LogP contribution is 2.83. The van der Waals surface area contributed by atoms with Gasteiger partial charge in [0.15, 0.2) is 0 Å². The number of aliphatic carboxylic acids is 2. The second kappa shape index (κ2) is 13.8. The molecule has 7 saturated carbocycles. The molecule has 16 unspecified atom stereocenters. The van der Waals surface area contributed by atoms with Gasteiger partial charge in [-0.15, -0.1) is 0 Å². The van der Waals surface area contributed by atoms with Crippen LogP contribution >= 0.6 is 0 Å². The predicted octanol–water partition coefficient (Wildman–Crippen LogP) is 10.8. The minimum atomic E-state index is -0.817. The number of carbonyl (C=O) groups is 6. The van der Waals surface area contributed by atoms with Crippen LogP contribution in [0.5, 0.6) is 0 Å². The number of carboxylic acids is 2. The Bertz CT molecular complexity index is 2830. The van der Waals surface area contributed by atoms with Crippen molar-refractivity contribution in [1.29, 1.82) is 0 Å². The smallest absolute Gasteiger partial charge is 0.309 e. The Morgan fingerprint density at radius 3 is 1.70 bits per heavy atom. The lowest BCUT2D eigenvalue weighted by Crippen LogP contribution is -2.74. The van der Waals surface area contributed by atoms with Crippen LogP contribution in [0.15, 0.2) is 71.8 Å². The van der Waals surface area contributed by atoms with Crippen LogP contribution in [-0.4, -0.2) is 45.8 Å². The first-order valence-electron chi connectivity index (χ1n) is 27.0. The van der Waals surface area contributed by atoms with Crippen LogP contribution in [-0.2, 0) is 35.2 Å². The topological polar surface area (TPSA) is 149 Å². The second-order valence-electron chi connectivity index (χ2n) is 26.5. The summed E-state index contributed by atoms with van der Waals surface area (Å²) in [7, 11) is 0. The van der Waals surface area contributed by atoms with Crippen molar-refractivity contribution in [3.05, 3.63) is 83.0 Å². The SMILES string of the molecule is CC(C)C1=CC23CCC4C(C)(C(=O)O)CCCC4(C)C2CC12CC3C(=O)N(c1ccc(Cc3ccc(N4C(=O)C5C67C=C8C(C)C5(C4=O)C8CC6C4(C)CCCC(C)(C(=O)O)C4CC7)cc3)cc1)C2=O. The monoisotopic (exact) mass is 947 g/mol. The van der Waals surface area contributed by atoms with Gasteiger partial charge in [-0.05, 0) is 179 Å². The standard InChI is InChI=1S/C60H70N2O8/c1-32(2)40-29-57-24-18-43-54(5,21-9-23-56(43,7)52(69)70)45(57)31-59(40)30-41(57)47(63)61(49(59)65)36-14-10-34(11-15-36)26-35-12-16-37(17-13-35)62-48(64)46-58-25-19-42-53(4,20-8-22-55(42,6)51(67)68)44(58)27-39-38(28-58)33(3)60(39,46)50(62)66/h10-17,28-29,32-33,39,41-46H,8-9,18-27,30-31H2,1-7H3,(H,67,68)(H,69,70). The van der Waals surface area contributed by atoms with Crippen LogP contribution in [0.1, 0.15) is 143 Å². The van der Waals surface area contributed by atoms with Crippen LogP contribution in [0, 0.1) is 96.6 Å². The van der Waals surface area contributed by atoms with Crippen molar-refractivity contribution in [2.45, 2.75) is 138 Å². The van der Waals surface area contributed by atoms with Gasteiger partial charge in [0, 0.05) is 16.7 Å². The third-order valence-electron chi connectivity index (χ3n) is 24.0. The highest BCUT2D eigenvalue weighted by Gasteiger charge is 2.84. The van der Waals surface area contributed by atoms with E-state index < -0.39 is 50.3 Å². The van der Waals surface area contributed by atoms with Crippen molar-refractivity contribution in [3.8, 4) is 0 Å². The van der Waals surface area contributed by atoms with E-state index in [-0.39, 0.29) is 81.8 Å². The van der Waals surface area contributed by atoms with E-state index in [4.69, 9.17) is 0 Å². The van der Waals surface area contributed by atoms with Crippen LogP contribution in [0.3, 0.4) is 0 Å². The highest BCUT2D eigenvalue weighted by atomic mass is 16.4. The summed E-state index contributed by atoms with van der Waals surface area (Å²) in [5.74, 6) is -2.22. The first-order valence-corrected chi connectivity index (χ1v) is 27.0. The van der Waals surface area contributed by atoms with Crippen molar-refractivity contribution in [1.82, 2.24) is 0 Å². The minimum absolute atomic E-state index is 0.00416. The molecule has 0 aromatic heterocycles. The zero-order valence-corrected chi connectivity index (χ0v) is 42.1. The molecular formula is C60H70N2O8. The number of fused-ring (bicyclic) bond motifs is 2. The molecule has 16 rings (SSSR count). The molecule has 7 bridgehead atoms. The maximum absolute atomic E-state index is 15.2. The molecule has 4 amide bonds. The molecule has 9 fully saturated rings. The molecular weight excluding hydrogens is 877 g/mol. The minimum Gasteiger partial charge on any atom is -0.481 e. The number of anilines is 2. The zero-order valence-electron chi connectivity index (χ0n) is 42.1. The number of amides is 4. The summed E-state index contributed by atoms with van der Waals surface area (Å²) in [5, 5.41) is 21.1. The first kappa shape index (κ1) is 45.0. The number of carboxylic acid groups (broad SMARTS) is 2. The van der Waals surface area contributed by atoms with Crippen LogP contribution in [0.25, 0.3) is 0 Å². The van der Waals surface area contributed by atoms with Gasteiger partial charge in [0.05, 0.1) is 39.0 Å². The Morgan fingerprint density at radius 1 is 0.629 bits per heavy atom. The molecule has 4 spiro atoms. The molecule has 2 saturated heterocycles. The summed E-state index contributed by atoms with van der Waals surface area (Å²) >= 11 is 0. The molecule has 2 aliphatic heterocycles. The Kier molecular flexibility index (Phi) is 8.88. The molecule has 70 heavy (non-hydrogen) atoms. The molecule has 16 atom stereocenters. The van der Waals surface area contributed by atoms with E-state index in [0.717, 1.165) is 74.5 Å². The fourth-order valence-electron chi connectivity index (χ4n) is 21.1. The van der Waals surface area contributed by atoms with E-state index in [9.17, 15) is 29.4 Å². The van der Waals surface area contributed by atoms with Gasteiger partial charge in [-0.1, -0.05) is 95.0 Å². The Morgan fingerprint density at radius 2 is 1.16 bits per heavy atom. The number of imide groups is 2. The largest absolute Gasteiger partial charge is 0.481 e. The molecule has 10 nitrogen and oxygen atoms in total. The van der Waals surface area contributed by atoms with Crippen molar-refractivity contribution in [3.63, 3.8) is 0 Å². The lowest BCUT2D eigenvalue weighted by Gasteiger charge is -2.75. The summed E-state index contributed by atoms with van der Waals surface area (Å²) in [6.45, 7) is 15.0. The van der Waals surface area contributed by atoms with Gasteiger partial charge in [0.2, 0.25) is 23.6 Å². The summed E-state index contributed by atoms with van der Waals surface area (Å²) in [4.78, 5) is 89.0. The lowest BCUT2D eigenvalue weighted by atomic mass is 9.26. The van der Waals surface area contributed by atoms with Crippen molar-refractivity contribution < 1.29 is 39.0 Å². The number of hydrogen-bond donors (Lipinski definition) is 2. The first-order chi connectivity index (χ1) is 33.1. The number of benzene rings is 2. The van der Waals surface area contributed by atoms with E-state index in [1.165, 1.54) is 15.4 Å². The van der Waals surface area contributed by atoms with Gasteiger partial charge in [0.25, 0.3) is 0 Å². The summed E-state index contributed by atoms with van der Waals surface area (Å²) in [6.07, 6.45) is 15.4. The molecule has 0 radical (unpaired) electrons. The van der Waals surface area contributed by atoms with Gasteiger partial charge in [-0.25, -0.2) is 9.80 Å². The molecule has 368 valence electrons. The third-order valence-corrected chi connectivity index (χ3v) is 24.0. The van der Waals surface area contributed by atoms with Gasteiger partial charge in [-0.2, -0.15) is 0 Å². The van der Waals surface area contributed by atoms with Gasteiger partial charge in [0.1, 0.15) is 0 Å². The molecule has 10 heteroatoms. The summed E-state index contributed by atoms with van der Waals surface area (Å²) in [5.41, 5.74) is 1.19. The number of allylic oxidation sites excluding steroid dienone is 3. The molecule has 2 aromatic carbocycles. The number of carbonyl (C=O) groups excluding carboxylic acids is 4. The van der Waals surface area contributed by atoms with Crippen LogP contribution < -0.4 is 9.80 Å². The summed E-state index contributed by atoms with van der Waals surface area (Å²) in [6, 6.07) is 15.6. The Labute approximate surface area is 412 Å². The molecule has 2 aromatic rings. The molecule has 12 aliphatic carbocycles. The second-order valence-corrected chi connectivity index (χ2v) is 26.5. The third kappa shape index (κ3) is 4.90. The number of piperidine rings is 1. The van der Waals surface area contributed by atoms with Crippen LogP contribution in [0.2, 0.25) is 0 Å². The normalized spacial score (nSPS) is 46.9. The lowest BCUT2D eigenvalue weighted by molar-refractivity contribution is -0.228. The number of rotatable bonds is 7. The average Bonchev–Trinajstić information content (AvgIpc) is 3.60. The Hall–Kier alpha value is -4.86. The van der Waals surface area contributed by atoms with Crippen molar-refractivity contribution in [2.24, 2.45) is 96.6 Å². The van der Waals surface area contributed by atoms with Gasteiger partial charge < -0.3 is 10.2 Å². The maximum Gasteiger partial charge on any atom is 0.309 e. The fourth-order valence-corrected chi connectivity index (χ4v) is 21.1. The number of hydrogen-bond acceptors (Lipinski definition) is 6. The van der Waals surface area contributed by atoms with E-state index in [0.29, 0.717) is 43.5 Å². The van der Waals surface area contributed by atoms with Crippen molar-refractivity contribution >= 4 is 46.9 Å². The number of nitrogens with zero attached hydrogens (tertiary/aromatic N) is 2. The summed E-state index contributed by atoms with van der Waals surface area (Å²) < 4.78 is 0. The van der Waals surface area contributed by atoms with E-state index >= 15 is 9.59 Å². The van der Waals surface area contributed by atoms with E-state index in [1.54, 1.807) is 0 Å². The molecule has 2 N–H and O–H groups in total. The van der Waals surface area contributed by atoms with Gasteiger partial charge >= 0.3 is 11.9 Å². The van der Waals surface area contributed by atoms with Gasteiger partial charge in [-0.3, -0.25) is 28.8 Å². The Balaban J connectivity index is 0.754.